The SMILES string of the molecule is CSCC[C@H](C=O)NNC(=O)c1ccc(COc2cccnc2)cc1-c1ccccc1. The largest absolute Gasteiger partial charge is 0.487 e. The molecule has 2 N–H and O–H groups in total. The van der Waals surface area contributed by atoms with E-state index >= 15 is 0 Å². The lowest BCUT2D eigenvalue weighted by Gasteiger charge is -2.16. The fourth-order valence-corrected chi connectivity index (χ4v) is 3.47. The summed E-state index contributed by atoms with van der Waals surface area (Å²) in [5.74, 6) is 1.21. The monoisotopic (exact) mass is 435 g/mol. The lowest BCUT2D eigenvalue weighted by molar-refractivity contribution is -0.109. The van der Waals surface area contributed by atoms with Gasteiger partial charge in [-0.15, -0.1) is 0 Å². The first-order valence-electron chi connectivity index (χ1n) is 9.92. The van der Waals surface area contributed by atoms with Crippen molar-refractivity contribution in [2.24, 2.45) is 0 Å². The van der Waals surface area contributed by atoms with E-state index in [4.69, 9.17) is 4.74 Å². The number of hydrazine groups is 1. The summed E-state index contributed by atoms with van der Waals surface area (Å²) in [6, 6.07) is 18.5. The molecule has 0 radical (unpaired) electrons. The molecule has 0 fully saturated rings. The average Bonchev–Trinajstić information content (AvgIpc) is 2.83. The van der Waals surface area contributed by atoms with Gasteiger partial charge in [0, 0.05) is 11.8 Å². The van der Waals surface area contributed by atoms with E-state index in [9.17, 15) is 9.59 Å². The van der Waals surface area contributed by atoms with Crippen molar-refractivity contribution in [2.45, 2.75) is 19.1 Å². The predicted molar refractivity (Wildman–Crippen MR) is 124 cm³/mol. The fourth-order valence-electron chi connectivity index (χ4n) is 2.98. The number of aromatic nitrogens is 1. The topological polar surface area (TPSA) is 80.3 Å². The summed E-state index contributed by atoms with van der Waals surface area (Å²) in [4.78, 5) is 28.2. The van der Waals surface area contributed by atoms with Crippen LogP contribution in [0.25, 0.3) is 11.1 Å². The number of nitrogens with zero attached hydrogens (tertiary/aromatic N) is 1. The van der Waals surface area contributed by atoms with Crippen LogP contribution < -0.4 is 15.6 Å². The molecule has 0 spiro atoms. The Labute approximate surface area is 186 Å². The van der Waals surface area contributed by atoms with E-state index in [0.717, 1.165) is 28.7 Å². The number of pyridine rings is 1. The third-order valence-corrected chi connectivity index (χ3v) is 5.27. The van der Waals surface area contributed by atoms with Gasteiger partial charge in [-0.1, -0.05) is 36.4 Å². The lowest BCUT2D eigenvalue weighted by atomic mass is 9.97. The molecule has 3 aromatic rings. The van der Waals surface area contributed by atoms with Crippen LogP contribution in [-0.4, -0.2) is 35.2 Å². The standard InChI is InChI=1S/C24H25N3O3S/c1-31-13-11-20(16-28)26-27-24(29)22-10-9-18(17-30-21-8-5-12-25-15-21)14-23(22)19-6-3-2-4-7-19/h2-10,12,14-16,20,26H,11,13,17H2,1H3,(H,27,29)/t20-/m1/s1. The molecule has 6 nitrogen and oxygen atoms in total. The number of hydrogen-bond acceptors (Lipinski definition) is 6. The van der Waals surface area contributed by atoms with Gasteiger partial charge < -0.3 is 9.53 Å². The number of ether oxygens (including phenoxy) is 1. The van der Waals surface area contributed by atoms with Crippen LogP contribution in [0.2, 0.25) is 0 Å². The normalized spacial score (nSPS) is 11.5. The number of thioether (sulfide) groups is 1. The minimum Gasteiger partial charge on any atom is -0.487 e. The molecule has 0 saturated heterocycles. The van der Waals surface area contributed by atoms with Crippen molar-refractivity contribution < 1.29 is 14.3 Å². The first-order chi connectivity index (χ1) is 15.2. The van der Waals surface area contributed by atoms with Gasteiger partial charge in [-0.25, -0.2) is 5.43 Å². The van der Waals surface area contributed by atoms with Crippen LogP contribution in [0.1, 0.15) is 22.3 Å². The number of nitrogens with one attached hydrogen (secondary N) is 2. The molecule has 160 valence electrons. The second kappa shape index (κ2) is 11.9. The maximum atomic E-state index is 12.9. The van der Waals surface area contributed by atoms with Crippen LogP contribution in [0, 0.1) is 0 Å². The minimum atomic E-state index is -0.427. The zero-order valence-electron chi connectivity index (χ0n) is 17.3. The number of carbonyl (C=O) groups excluding carboxylic acids is 2. The van der Waals surface area contributed by atoms with Crippen LogP contribution >= 0.6 is 11.8 Å². The number of amides is 1. The van der Waals surface area contributed by atoms with E-state index in [1.807, 2.05) is 60.9 Å². The number of carbonyl (C=O) groups is 2. The number of benzene rings is 2. The summed E-state index contributed by atoms with van der Waals surface area (Å²) in [5, 5.41) is 0. The van der Waals surface area contributed by atoms with Gasteiger partial charge in [0.25, 0.3) is 5.91 Å². The molecule has 0 aliphatic carbocycles. The van der Waals surface area contributed by atoms with Gasteiger partial charge in [0.05, 0.1) is 12.2 Å². The maximum absolute atomic E-state index is 12.9. The number of hydrogen-bond donors (Lipinski definition) is 2. The van der Waals surface area contributed by atoms with Gasteiger partial charge in [-0.05, 0) is 59.4 Å². The molecule has 7 heteroatoms. The molecule has 0 aliphatic heterocycles. The van der Waals surface area contributed by atoms with Crippen molar-refractivity contribution in [3.8, 4) is 16.9 Å². The van der Waals surface area contributed by atoms with Gasteiger partial charge in [0.15, 0.2) is 0 Å². The second-order valence-corrected chi connectivity index (χ2v) is 7.83. The van der Waals surface area contributed by atoms with Crippen molar-refractivity contribution in [1.82, 2.24) is 15.8 Å². The Balaban J connectivity index is 1.78. The molecule has 0 bridgehead atoms. The van der Waals surface area contributed by atoms with E-state index in [2.05, 4.69) is 15.8 Å². The van der Waals surface area contributed by atoms with E-state index in [1.54, 1.807) is 30.2 Å². The summed E-state index contributed by atoms with van der Waals surface area (Å²) in [7, 11) is 0. The molecule has 2 aromatic carbocycles. The van der Waals surface area contributed by atoms with Gasteiger partial charge in [0.1, 0.15) is 18.6 Å². The second-order valence-electron chi connectivity index (χ2n) is 6.85. The van der Waals surface area contributed by atoms with Crippen molar-refractivity contribution >= 4 is 24.0 Å². The highest BCUT2D eigenvalue weighted by Crippen LogP contribution is 2.26. The molecule has 1 heterocycles. The van der Waals surface area contributed by atoms with E-state index in [1.165, 1.54) is 0 Å². The predicted octanol–water partition coefficient (Wildman–Crippen LogP) is 3.88. The fraction of sp³-hybridized carbons (Fsp3) is 0.208. The third-order valence-electron chi connectivity index (χ3n) is 4.62. The van der Waals surface area contributed by atoms with Gasteiger partial charge >= 0.3 is 0 Å². The van der Waals surface area contributed by atoms with E-state index < -0.39 is 6.04 Å². The molecule has 0 unspecified atom stereocenters. The molecule has 1 aromatic heterocycles. The Hall–Kier alpha value is -3.16. The van der Waals surface area contributed by atoms with Gasteiger partial charge in [-0.3, -0.25) is 15.2 Å². The first-order valence-corrected chi connectivity index (χ1v) is 11.3. The van der Waals surface area contributed by atoms with Crippen LogP contribution in [0.15, 0.2) is 73.1 Å². The Morgan fingerprint density at radius 3 is 2.71 bits per heavy atom. The van der Waals surface area contributed by atoms with Crippen molar-refractivity contribution in [1.29, 1.82) is 0 Å². The van der Waals surface area contributed by atoms with E-state index in [0.29, 0.717) is 24.3 Å². The third kappa shape index (κ3) is 6.67. The lowest BCUT2D eigenvalue weighted by Crippen LogP contribution is -2.45. The van der Waals surface area contributed by atoms with Crippen molar-refractivity contribution in [2.75, 3.05) is 12.0 Å². The van der Waals surface area contributed by atoms with Crippen LogP contribution in [-0.2, 0) is 11.4 Å². The molecular formula is C24H25N3O3S. The maximum Gasteiger partial charge on any atom is 0.266 e. The number of aldehydes is 1. The summed E-state index contributed by atoms with van der Waals surface area (Å²) in [5.41, 5.74) is 8.66. The number of rotatable bonds is 11. The summed E-state index contributed by atoms with van der Waals surface area (Å²) in [6.45, 7) is 0.355. The first kappa shape index (κ1) is 22.5. The highest BCUT2D eigenvalue weighted by molar-refractivity contribution is 7.98. The van der Waals surface area contributed by atoms with Crippen molar-refractivity contribution in [3.05, 3.63) is 84.2 Å². The molecule has 0 saturated carbocycles. The molecule has 1 atom stereocenters. The molecule has 1 amide bonds. The van der Waals surface area contributed by atoms with Crippen molar-refractivity contribution in [3.63, 3.8) is 0 Å². The highest BCUT2D eigenvalue weighted by Gasteiger charge is 2.15. The Kier molecular flexibility index (Phi) is 8.63. The zero-order valence-corrected chi connectivity index (χ0v) is 18.1. The van der Waals surface area contributed by atoms with Crippen LogP contribution in [0.5, 0.6) is 5.75 Å². The molecule has 3 rings (SSSR count). The molecular weight excluding hydrogens is 410 g/mol. The van der Waals surface area contributed by atoms with Crippen LogP contribution in [0.4, 0.5) is 0 Å². The average molecular weight is 436 g/mol. The minimum absolute atomic E-state index is 0.297. The Morgan fingerprint density at radius 2 is 2.00 bits per heavy atom. The summed E-state index contributed by atoms with van der Waals surface area (Å²) >= 11 is 1.65. The van der Waals surface area contributed by atoms with Gasteiger partial charge in [0.2, 0.25) is 0 Å². The Bertz CT molecular complexity index is 984. The molecule has 0 aliphatic rings. The smallest absolute Gasteiger partial charge is 0.266 e. The quantitative estimate of drug-likeness (QED) is 0.351. The highest BCUT2D eigenvalue weighted by atomic mass is 32.2. The summed E-state index contributed by atoms with van der Waals surface area (Å²) < 4.78 is 5.80. The van der Waals surface area contributed by atoms with Gasteiger partial charge in [-0.2, -0.15) is 11.8 Å². The van der Waals surface area contributed by atoms with E-state index in [-0.39, 0.29) is 5.91 Å². The zero-order chi connectivity index (χ0) is 21.9. The molecule has 31 heavy (non-hydrogen) atoms. The Morgan fingerprint density at radius 1 is 1.16 bits per heavy atom. The summed E-state index contributed by atoms with van der Waals surface area (Å²) in [6.07, 6.45) is 6.78. The van der Waals surface area contributed by atoms with Crippen LogP contribution in [0.3, 0.4) is 0 Å².